The first kappa shape index (κ1) is 14.9. The van der Waals surface area contributed by atoms with E-state index in [0.717, 1.165) is 19.4 Å². The number of benzene rings is 1. The minimum atomic E-state index is -0.510. The Bertz CT molecular complexity index is 876. The lowest BCUT2D eigenvalue weighted by Crippen LogP contribution is -2.37. The minimum absolute atomic E-state index is 0.0630. The summed E-state index contributed by atoms with van der Waals surface area (Å²) in [5.74, 6) is 0.272. The van der Waals surface area contributed by atoms with E-state index < -0.39 is 10.9 Å². The molecule has 124 valence electrons. The van der Waals surface area contributed by atoms with Crippen molar-refractivity contribution in [3.63, 3.8) is 0 Å². The number of carbonyl (C=O) groups is 1. The molecule has 2 aliphatic rings. The first-order valence-electron chi connectivity index (χ1n) is 7.89. The van der Waals surface area contributed by atoms with Gasteiger partial charge >= 0.3 is 0 Å². The molecule has 2 aliphatic heterocycles. The number of carbonyl (C=O) groups excluding carboxylic acids is 1. The van der Waals surface area contributed by atoms with Crippen LogP contribution in [0.1, 0.15) is 12.8 Å². The topological polar surface area (TPSA) is 93.7 Å². The number of amides is 1. The smallest absolute Gasteiger partial charge is 0.262 e. The summed E-state index contributed by atoms with van der Waals surface area (Å²) in [5.41, 5.74) is 0.836. The van der Waals surface area contributed by atoms with Crippen LogP contribution in [0.2, 0.25) is 0 Å². The molecule has 2 aromatic carbocycles. The van der Waals surface area contributed by atoms with Crippen LogP contribution in [0.4, 0.5) is 11.4 Å². The second-order valence-corrected chi connectivity index (χ2v) is 5.97. The fourth-order valence-electron chi connectivity index (χ4n) is 3.09. The van der Waals surface area contributed by atoms with E-state index in [2.05, 4.69) is 10.6 Å². The van der Waals surface area contributed by atoms with Gasteiger partial charge < -0.3 is 20.1 Å². The van der Waals surface area contributed by atoms with Crippen molar-refractivity contribution >= 4 is 17.3 Å². The van der Waals surface area contributed by atoms with Crippen LogP contribution in [0, 0.1) is 0 Å². The fraction of sp³-hybridized carbons (Fsp3) is 0.353. The van der Waals surface area contributed by atoms with Crippen molar-refractivity contribution in [2.24, 2.45) is 0 Å². The van der Waals surface area contributed by atoms with Gasteiger partial charge in [-0.25, -0.2) is 0 Å². The predicted octanol–water partition coefficient (Wildman–Crippen LogP) is 0.871. The molecule has 2 heterocycles. The van der Waals surface area contributed by atoms with Crippen LogP contribution in [0.15, 0.2) is 27.8 Å². The van der Waals surface area contributed by atoms with Crippen molar-refractivity contribution in [1.82, 2.24) is 0 Å². The van der Waals surface area contributed by atoms with Gasteiger partial charge in [-0.3, -0.25) is 14.4 Å². The van der Waals surface area contributed by atoms with Crippen LogP contribution in [-0.4, -0.2) is 31.8 Å². The maximum atomic E-state index is 12.0. The molecular weight excluding hydrogens is 312 g/mol. The van der Waals surface area contributed by atoms with E-state index in [9.17, 15) is 14.4 Å². The zero-order valence-electron chi connectivity index (χ0n) is 12.9. The third-order valence-electron chi connectivity index (χ3n) is 4.34. The van der Waals surface area contributed by atoms with Gasteiger partial charge in [0.25, 0.3) is 5.91 Å². The molecule has 7 heteroatoms. The summed E-state index contributed by atoms with van der Waals surface area (Å²) in [6, 6.07) is 5.03. The van der Waals surface area contributed by atoms with Crippen LogP contribution >= 0.6 is 0 Å². The Morgan fingerprint density at radius 2 is 2.08 bits per heavy atom. The molecule has 0 aromatic heterocycles. The summed E-state index contributed by atoms with van der Waals surface area (Å²) in [6.07, 6.45) is 2.03. The first-order chi connectivity index (χ1) is 11.6. The maximum Gasteiger partial charge on any atom is 0.262 e. The quantitative estimate of drug-likeness (QED) is 0.809. The molecule has 4 rings (SSSR count). The van der Waals surface area contributed by atoms with E-state index in [1.54, 1.807) is 18.2 Å². The average Bonchev–Trinajstić information content (AvgIpc) is 3.11. The molecule has 0 bridgehead atoms. The Balaban J connectivity index is 1.60. The molecule has 1 saturated heterocycles. The highest BCUT2D eigenvalue weighted by atomic mass is 16.5. The summed E-state index contributed by atoms with van der Waals surface area (Å²) in [6.45, 7) is 1.18. The summed E-state index contributed by atoms with van der Waals surface area (Å²) in [5, 5.41) is 5.74. The van der Waals surface area contributed by atoms with E-state index in [1.807, 2.05) is 0 Å². The standard InChI is InChI=1S/C17H16N2O5/c20-13-8-24-12-6-9(3-4-11(12)19-13)14-15(17(22)16(14)21)18-7-10-2-1-5-23-10/h3-4,6,10,18H,1-2,5,7-8H2,(H,19,20). The number of rotatable bonds is 4. The molecular formula is C17H16N2O5. The lowest BCUT2D eigenvalue weighted by molar-refractivity contribution is -0.118. The van der Waals surface area contributed by atoms with Crippen LogP contribution in [0.5, 0.6) is 5.75 Å². The molecule has 7 nitrogen and oxygen atoms in total. The minimum Gasteiger partial charge on any atom is -0.482 e. The van der Waals surface area contributed by atoms with Crippen molar-refractivity contribution in [1.29, 1.82) is 0 Å². The van der Waals surface area contributed by atoms with Crippen LogP contribution in [0.3, 0.4) is 0 Å². The number of anilines is 2. The third-order valence-corrected chi connectivity index (χ3v) is 4.34. The maximum absolute atomic E-state index is 12.0. The van der Waals surface area contributed by atoms with Gasteiger partial charge in [0, 0.05) is 13.2 Å². The van der Waals surface area contributed by atoms with Crippen molar-refractivity contribution < 1.29 is 14.3 Å². The fourth-order valence-corrected chi connectivity index (χ4v) is 3.09. The van der Waals surface area contributed by atoms with Gasteiger partial charge in [0.15, 0.2) is 6.61 Å². The summed E-state index contributed by atoms with van der Waals surface area (Å²) in [4.78, 5) is 35.2. The number of hydrogen-bond donors (Lipinski definition) is 2. The predicted molar refractivity (Wildman–Crippen MR) is 88.4 cm³/mol. The summed E-state index contributed by atoms with van der Waals surface area (Å²) < 4.78 is 10.9. The highest BCUT2D eigenvalue weighted by Crippen LogP contribution is 2.34. The zero-order chi connectivity index (χ0) is 16.7. The number of fused-ring (bicyclic) bond motifs is 1. The molecule has 1 fully saturated rings. The van der Waals surface area contributed by atoms with E-state index in [-0.39, 0.29) is 18.6 Å². The Kier molecular flexibility index (Phi) is 3.57. The van der Waals surface area contributed by atoms with Gasteiger partial charge in [-0.1, -0.05) is 6.07 Å². The molecule has 2 aromatic rings. The van der Waals surface area contributed by atoms with Gasteiger partial charge in [0.2, 0.25) is 10.9 Å². The van der Waals surface area contributed by atoms with E-state index in [0.29, 0.717) is 34.8 Å². The molecule has 0 saturated carbocycles. The first-order valence-corrected chi connectivity index (χ1v) is 7.89. The van der Waals surface area contributed by atoms with E-state index in [1.165, 1.54) is 0 Å². The molecule has 0 spiro atoms. The SMILES string of the molecule is O=C1COc2cc(-c3c(NCC4CCCO4)c(=O)c3=O)ccc2N1. The lowest BCUT2D eigenvalue weighted by Gasteiger charge is -2.20. The Hall–Kier alpha value is -2.67. The van der Waals surface area contributed by atoms with Crippen molar-refractivity contribution in [3.05, 3.63) is 38.6 Å². The summed E-state index contributed by atoms with van der Waals surface area (Å²) in [7, 11) is 0. The highest BCUT2D eigenvalue weighted by Gasteiger charge is 2.25. The van der Waals surface area contributed by atoms with Gasteiger partial charge in [-0.05, 0) is 30.5 Å². The van der Waals surface area contributed by atoms with E-state index in [4.69, 9.17) is 9.47 Å². The molecule has 1 amide bonds. The molecule has 0 aliphatic carbocycles. The Labute approximate surface area is 137 Å². The molecule has 1 atom stereocenters. The molecule has 24 heavy (non-hydrogen) atoms. The van der Waals surface area contributed by atoms with Gasteiger partial charge in [0.05, 0.1) is 23.0 Å². The largest absolute Gasteiger partial charge is 0.482 e. The van der Waals surface area contributed by atoms with Crippen LogP contribution in [0.25, 0.3) is 11.1 Å². The monoisotopic (exact) mass is 328 g/mol. The number of nitrogens with one attached hydrogen (secondary N) is 2. The highest BCUT2D eigenvalue weighted by molar-refractivity contribution is 5.96. The van der Waals surface area contributed by atoms with Gasteiger partial charge in [-0.2, -0.15) is 0 Å². The Morgan fingerprint density at radius 3 is 2.88 bits per heavy atom. The summed E-state index contributed by atoms with van der Waals surface area (Å²) >= 11 is 0. The van der Waals surface area contributed by atoms with Gasteiger partial charge in [0.1, 0.15) is 5.75 Å². The van der Waals surface area contributed by atoms with Crippen molar-refractivity contribution in [2.45, 2.75) is 18.9 Å². The molecule has 0 radical (unpaired) electrons. The second-order valence-electron chi connectivity index (χ2n) is 5.97. The molecule has 1 unspecified atom stereocenters. The van der Waals surface area contributed by atoms with Crippen LogP contribution in [-0.2, 0) is 9.53 Å². The second kappa shape index (κ2) is 5.76. The number of hydrogen-bond acceptors (Lipinski definition) is 6. The Morgan fingerprint density at radius 1 is 1.21 bits per heavy atom. The van der Waals surface area contributed by atoms with Crippen LogP contribution < -0.4 is 26.2 Å². The molecule has 2 N–H and O–H groups in total. The number of ether oxygens (including phenoxy) is 2. The van der Waals surface area contributed by atoms with E-state index >= 15 is 0 Å². The third kappa shape index (κ3) is 2.46. The zero-order valence-corrected chi connectivity index (χ0v) is 12.9. The van der Waals surface area contributed by atoms with Crippen molar-refractivity contribution in [2.75, 3.05) is 30.4 Å². The average molecular weight is 328 g/mol. The van der Waals surface area contributed by atoms with Crippen molar-refractivity contribution in [3.8, 4) is 16.9 Å². The van der Waals surface area contributed by atoms with Gasteiger partial charge in [-0.15, -0.1) is 0 Å². The normalized spacial score (nSPS) is 19.7. The lowest BCUT2D eigenvalue weighted by atomic mass is 9.97.